The molecular formula is C21H24N4OS. The molecule has 2 fully saturated rings. The van der Waals surface area contributed by atoms with Crippen LogP contribution in [-0.2, 0) is 4.74 Å². The summed E-state index contributed by atoms with van der Waals surface area (Å²) in [7, 11) is 0. The zero-order valence-corrected chi connectivity index (χ0v) is 16.1. The summed E-state index contributed by atoms with van der Waals surface area (Å²) in [4.78, 5) is 11.4. The molecule has 6 heteroatoms. The number of rotatable bonds is 4. The number of benzene rings is 1. The summed E-state index contributed by atoms with van der Waals surface area (Å²) < 4.78 is 7.50. The van der Waals surface area contributed by atoms with Gasteiger partial charge in [-0.25, -0.2) is 9.97 Å². The van der Waals surface area contributed by atoms with E-state index < -0.39 is 0 Å². The minimum absolute atomic E-state index is 0.0177. The van der Waals surface area contributed by atoms with Crippen LogP contribution >= 0.6 is 11.3 Å². The van der Waals surface area contributed by atoms with E-state index in [0.717, 1.165) is 42.4 Å². The van der Waals surface area contributed by atoms with Gasteiger partial charge in [-0.15, -0.1) is 0 Å². The molecule has 140 valence electrons. The number of pyridine rings is 1. The second kappa shape index (κ2) is 7.09. The number of hydrogen-bond donors (Lipinski definition) is 1. The fraction of sp³-hybridized carbons (Fsp3) is 0.429. The number of nitrogens with one attached hydrogen (secondary N) is 1. The largest absolute Gasteiger partial charge is 0.361 e. The SMILES string of the molecule is c1ccc(N2COC3(CCC(CNc4nc5ccccc5s4)CC3)C2)nc1. The van der Waals surface area contributed by atoms with E-state index in [2.05, 4.69) is 44.5 Å². The van der Waals surface area contributed by atoms with Crippen molar-refractivity contribution < 1.29 is 4.74 Å². The number of fused-ring (bicyclic) bond motifs is 1. The third kappa shape index (κ3) is 3.51. The highest BCUT2D eigenvalue weighted by molar-refractivity contribution is 7.22. The smallest absolute Gasteiger partial charge is 0.183 e. The molecule has 1 spiro atoms. The summed E-state index contributed by atoms with van der Waals surface area (Å²) >= 11 is 1.74. The topological polar surface area (TPSA) is 50.3 Å². The van der Waals surface area contributed by atoms with Gasteiger partial charge in [-0.05, 0) is 55.9 Å². The Morgan fingerprint density at radius 2 is 2.00 bits per heavy atom. The summed E-state index contributed by atoms with van der Waals surface area (Å²) in [5.41, 5.74) is 1.10. The van der Waals surface area contributed by atoms with Crippen molar-refractivity contribution in [2.75, 3.05) is 30.0 Å². The molecule has 1 saturated carbocycles. The van der Waals surface area contributed by atoms with Crippen molar-refractivity contribution in [1.29, 1.82) is 0 Å². The maximum atomic E-state index is 6.25. The van der Waals surface area contributed by atoms with Gasteiger partial charge in [-0.2, -0.15) is 0 Å². The predicted octanol–water partition coefficient (Wildman–Crippen LogP) is 4.53. The van der Waals surface area contributed by atoms with E-state index in [1.54, 1.807) is 11.3 Å². The third-order valence-electron chi connectivity index (χ3n) is 5.83. The Balaban J connectivity index is 1.15. The van der Waals surface area contributed by atoms with Gasteiger partial charge in [0.05, 0.1) is 22.4 Å². The Hall–Kier alpha value is -2.18. The van der Waals surface area contributed by atoms with Gasteiger partial charge in [-0.3, -0.25) is 0 Å². The second-order valence-electron chi connectivity index (χ2n) is 7.65. The van der Waals surface area contributed by atoms with Crippen molar-refractivity contribution in [3.8, 4) is 0 Å². The molecule has 0 atom stereocenters. The third-order valence-corrected chi connectivity index (χ3v) is 6.83. The Labute approximate surface area is 163 Å². The molecule has 2 aliphatic rings. The first kappa shape index (κ1) is 17.0. The molecule has 0 amide bonds. The van der Waals surface area contributed by atoms with Crippen LogP contribution in [0.1, 0.15) is 25.7 Å². The summed E-state index contributed by atoms with van der Waals surface area (Å²) in [5.74, 6) is 1.71. The first-order chi connectivity index (χ1) is 13.3. The van der Waals surface area contributed by atoms with Gasteiger partial charge >= 0.3 is 0 Å². The monoisotopic (exact) mass is 380 g/mol. The molecule has 2 aromatic heterocycles. The fourth-order valence-corrected chi connectivity index (χ4v) is 5.10. The van der Waals surface area contributed by atoms with Gasteiger partial charge in [0.1, 0.15) is 12.5 Å². The minimum Gasteiger partial charge on any atom is -0.361 e. The average Bonchev–Trinajstić information content (AvgIpc) is 3.33. The molecular weight excluding hydrogens is 356 g/mol. The molecule has 27 heavy (non-hydrogen) atoms. The lowest BCUT2D eigenvalue weighted by molar-refractivity contribution is -0.0258. The van der Waals surface area contributed by atoms with Crippen LogP contribution in [0.15, 0.2) is 48.7 Å². The van der Waals surface area contributed by atoms with E-state index in [9.17, 15) is 0 Å². The van der Waals surface area contributed by atoms with Crippen molar-refractivity contribution in [2.45, 2.75) is 31.3 Å². The highest BCUT2D eigenvalue weighted by atomic mass is 32.1. The van der Waals surface area contributed by atoms with Crippen LogP contribution in [0, 0.1) is 5.92 Å². The number of hydrogen-bond acceptors (Lipinski definition) is 6. The Kier molecular flexibility index (Phi) is 4.45. The van der Waals surface area contributed by atoms with E-state index in [1.807, 2.05) is 24.4 Å². The normalized spacial score (nSPS) is 25.3. The first-order valence-electron chi connectivity index (χ1n) is 9.69. The fourth-order valence-electron chi connectivity index (χ4n) is 4.23. The standard InChI is InChI=1S/C21H24N4OS/c1-2-6-18-17(5-1)24-20(27-18)23-13-16-8-10-21(11-9-16)14-25(15-26-21)19-7-3-4-12-22-19/h1-7,12,16H,8-11,13-15H2,(H,23,24). The molecule has 3 aromatic rings. The number of nitrogens with zero attached hydrogens (tertiary/aromatic N) is 3. The van der Waals surface area contributed by atoms with E-state index in [0.29, 0.717) is 12.6 Å². The van der Waals surface area contributed by atoms with Crippen LogP contribution in [0.2, 0.25) is 0 Å². The lowest BCUT2D eigenvalue weighted by Crippen LogP contribution is -2.39. The van der Waals surface area contributed by atoms with Gasteiger partial charge in [0.15, 0.2) is 5.13 Å². The molecule has 1 aliphatic carbocycles. The van der Waals surface area contributed by atoms with E-state index in [1.165, 1.54) is 17.5 Å². The Morgan fingerprint density at radius 3 is 2.81 bits per heavy atom. The lowest BCUT2D eigenvalue weighted by atomic mass is 9.78. The number of aromatic nitrogens is 2. The minimum atomic E-state index is 0.0177. The maximum Gasteiger partial charge on any atom is 0.183 e. The predicted molar refractivity (Wildman–Crippen MR) is 110 cm³/mol. The number of thiazole rings is 1. The van der Waals surface area contributed by atoms with E-state index in [4.69, 9.17) is 4.74 Å². The lowest BCUT2D eigenvalue weighted by Gasteiger charge is -2.36. The van der Waals surface area contributed by atoms with Gasteiger partial charge in [-0.1, -0.05) is 29.5 Å². The molecule has 0 radical (unpaired) electrons. The maximum absolute atomic E-state index is 6.25. The van der Waals surface area contributed by atoms with Gasteiger partial charge in [0.2, 0.25) is 0 Å². The van der Waals surface area contributed by atoms with Crippen molar-refractivity contribution >= 4 is 32.5 Å². The highest BCUT2D eigenvalue weighted by Crippen LogP contribution is 2.39. The van der Waals surface area contributed by atoms with Crippen LogP contribution in [0.25, 0.3) is 10.2 Å². The number of para-hydroxylation sites is 1. The second-order valence-corrected chi connectivity index (χ2v) is 8.68. The molecule has 5 rings (SSSR count). The van der Waals surface area contributed by atoms with E-state index in [-0.39, 0.29) is 5.60 Å². The van der Waals surface area contributed by atoms with Crippen molar-refractivity contribution in [3.05, 3.63) is 48.7 Å². The zero-order chi connectivity index (χ0) is 18.1. The summed E-state index contributed by atoms with van der Waals surface area (Å²) in [6.07, 6.45) is 6.51. The molecule has 0 unspecified atom stereocenters. The van der Waals surface area contributed by atoms with Gasteiger partial charge in [0.25, 0.3) is 0 Å². The van der Waals surface area contributed by atoms with Crippen LogP contribution in [0.4, 0.5) is 10.9 Å². The quantitative estimate of drug-likeness (QED) is 0.721. The summed E-state index contributed by atoms with van der Waals surface area (Å²) in [5, 5.41) is 4.60. The van der Waals surface area contributed by atoms with Crippen LogP contribution in [-0.4, -0.2) is 35.4 Å². The zero-order valence-electron chi connectivity index (χ0n) is 15.3. The number of ether oxygens (including phenoxy) is 1. The molecule has 1 N–H and O–H groups in total. The van der Waals surface area contributed by atoms with Crippen molar-refractivity contribution in [1.82, 2.24) is 9.97 Å². The van der Waals surface area contributed by atoms with Crippen LogP contribution < -0.4 is 10.2 Å². The highest BCUT2D eigenvalue weighted by Gasteiger charge is 2.42. The average molecular weight is 381 g/mol. The summed E-state index contributed by atoms with van der Waals surface area (Å²) in [6, 6.07) is 14.4. The molecule has 0 bridgehead atoms. The first-order valence-corrected chi connectivity index (χ1v) is 10.5. The van der Waals surface area contributed by atoms with Gasteiger partial charge in [0, 0.05) is 12.7 Å². The van der Waals surface area contributed by atoms with E-state index >= 15 is 0 Å². The summed E-state index contributed by atoms with van der Waals surface area (Å²) in [6.45, 7) is 2.62. The van der Waals surface area contributed by atoms with Gasteiger partial charge < -0.3 is 15.0 Å². The molecule has 3 heterocycles. The van der Waals surface area contributed by atoms with Crippen molar-refractivity contribution in [3.63, 3.8) is 0 Å². The Bertz CT molecular complexity index is 872. The van der Waals surface area contributed by atoms with Crippen molar-refractivity contribution in [2.24, 2.45) is 5.92 Å². The molecule has 1 aliphatic heterocycles. The molecule has 1 aromatic carbocycles. The molecule has 1 saturated heterocycles. The van der Waals surface area contributed by atoms with Crippen LogP contribution in [0.5, 0.6) is 0 Å². The number of anilines is 2. The molecule has 5 nitrogen and oxygen atoms in total. The Morgan fingerprint density at radius 1 is 1.15 bits per heavy atom. The van der Waals surface area contributed by atoms with Crippen LogP contribution in [0.3, 0.4) is 0 Å².